The fraction of sp³-hybridized carbons (Fsp3) is 0.875. The van der Waals surface area contributed by atoms with Crippen LogP contribution in [0.5, 0.6) is 0 Å². The lowest BCUT2D eigenvalue weighted by atomic mass is 9.83. The third-order valence-corrected chi connectivity index (χ3v) is 5.28. The van der Waals surface area contributed by atoms with Gasteiger partial charge in [0.05, 0.1) is 0 Å². The van der Waals surface area contributed by atoms with Crippen LogP contribution in [0.25, 0.3) is 0 Å². The average Bonchev–Trinajstić information content (AvgIpc) is 2.46. The number of hydrogen-bond acceptors (Lipinski definition) is 2. The van der Waals surface area contributed by atoms with Gasteiger partial charge in [-0.3, -0.25) is 9.59 Å². The summed E-state index contributed by atoms with van der Waals surface area (Å²) in [5.74, 6) is 1.16. The summed E-state index contributed by atoms with van der Waals surface area (Å²) in [7, 11) is 0. The number of rotatable bonds is 2. The van der Waals surface area contributed by atoms with Crippen LogP contribution >= 0.6 is 0 Å². The van der Waals surface area contributed by atoms with Crippen LogP contribution in [0.15, 0.2) is 0 Å². The molecule has 1 saturated carbocycles. The SMILES string of the molecule is O=C(C1CCN(C(=O)C2CCC2)CC1)N1CCCCC1. The molecule has 3 rings (SSSR count). The molecule has 0 aromatic heterocycles. The Bertz CT molecular complexity index is 365. The van der Waals surface area contributed by atoms with Crippen molar-refractivity contribution in [1.29, 1.82) is 0 Å². The minimum absolute atomic E-state index is 0.165. The van der Waals surface area contributed by atoms with Crippen LogP contribution in [-0.4, -0.2) is 47.8 Å². The Morgan fingerprint density at radius 1 is 0.600 bits per heavy atom. The summed E-state index contributed by atoms with van der Waals surface area (Å²) < 4.78 is 0. The fourth-order valence-corrected chi connectivity index (χ4v) is 3.63. The first-order chi connectivity index (χ1) is 9.75. The number of amides is 2. The molecule has 3 aliphatic rings. The van der Waals surface area contributed by atoms with Crippen LogP contribution < -0.4 is 0 Å². The van der Waals surface area contributed by atoms with Crippen molar-refractivity contribution in [2.75, 3.05) is 26.2 Å². The summed E-state index contributed by atoms with van der Waals surface area (Å²) in [5.41, 5.74) is 0. The minimum atomic E-state index is 0.165. The molecule has 0 spiro atoms. The standard InChI is InChI=1S/C16H26N2O2/c19-15(13-5-4-6-13)18-11-7-14(8-12-18)16(20)17-9-2-1-3-10-17/h13-14H,1-12H2. The van der Waals surface area contributed by atoms with Crippen LogP contribution in [0.2, 0.25) is 0 Å². The first-order valence-electron chi connectivity index (χ1n) is 8.33. The molecule has 0 aromatic rings. The van der Waals surface area contributed by atoms with Crippen molar-refractivity contribution >= 4 is 11.8 Å². The van der Waals surface area contributed by atoms with Crippen molar-refractivity contribution in [3.8, 4) is 0 Å². The van der Waals surface area contributed by atoms with Gasteiger partial charge >= 0.3 is 0 Å². The molecular formula is C16H26N2O2. The van der Waals surface area contributed by atoms with Crippen LogP contribution in [-0.2, 0) is 9.59 Å². The van der Waals surface area contributed by atoms with E-state index in [9.17, 15) is 9.59 Å². The van der Waals surface area contributed by atoms with Gasteiger partial charge in [0.15, 0.2) is 0 Å². The summed E-state index contributed by atoms with van der Waals surface area (Å²) in [6.45, 7) is 3.47. The molecule has 2 saturated heterocycles. The van der Waals surface area contributed by atoms with Crippen LogP contribution in [0.4, 0.5) is 0 Å². The molecule has 0 atom stereocenters. The Labute approximate surface area is 121 Å². The van der Waals surface area contributed by atoms with Crippen LogP contribution in [0, 0.1) is 11.8 Å². The van der Waals surface area contributed by atoms with Gasteiger partial charge in [0.25, 0.3) is 0 Å². The van der Waals surface area contributed by atoms with E-state index in [0.717, 1.165) is 64.7 Å². The van der Waals surface area contributed by atoms with E-state index in [2.05, 4.69) is 4.90 Å². The molecule has 0 aromatic carbocycles. The molecule has 0 bridgehead atoms. The third kappa shape index (κ3) is 2.84. The number of hydrogen-bond donors (Lipinski definition) is 0. The lowest BCUT2D eigenvalue weighted by molar-refractivity contribution is -0.144. The predicted molar refractivity (Wildman–Crippen MR) is 77.1 cm³/mol. The van der Waals surface area contributed by atoms with E-state index in [1.54, 1.807) is 0 Å². The van der Waals surface area contributed by atoms with Gasteiger partial charge in [-0.1, -0.05) is 6.42 Å². The van der Waals surface area contributed by atoms with Gasteiger partial charge in [0.1, 0.15) is 0 Å². The Kier molecular flexibility index (Phi) is 4.27. The normalized spacial score (nSPS) is 25.4. The smallest absolute Gasteiger partial charge is 0.225 e. The molecule has 2 amide bonds. The van der Waals surface area contributed by atoms with E-state index in [1.807, 2.05) is 4.90 Å². The Balaban J connectivity index is 1.47. The van der Waals surface area contributed by atoms with E-state index in [0.29, 0.717) is 17.7 Å². The van der Waals surface area contributed by atoms with Gasteiger partial charge in [0.2, 0.25) is 11.8 Å². The summed E-state index contributed by atoms with van der Waals surface area (Å²) in [6, 6.07) is 0. The lowest BCUT2D eigenvalue weighted by Crippen LogP contribution is -2.47. The van der Waals surface area contributed by atoms with E-state index < -0.39 is 0 Å². The van der Waals surface area contributed by atoms with Crippen LogP contribution in [0.1, 0.15) is 51.4 Å². The van der Waals surface area contributed by atoms with Crippen molar-refractivity contribution in [2.45, 2.75) is 51.4 Å². The molecule has 20 heavy (non-hydrogen) atoms. The predicted octanol–water partition coefficient (Wildman–Crippen LogP) is 2.04. The quantitative estimate of drug-likeness (QED) is 0.775. The summed E-state index contributed by atoms with van der Waals surface area (Å²) >= 11 is 0. The number of likely N-dealkylation sites (tertiary alicyclic amines) is 2. The van der Waals surface area contributed by atoms with Gasteiger partial charge in [-0.25, -0.2) is 0 Å². The first kappa shape index (κ1) is 13.9. The summed E-state index contributed by atoms with van der Waals surface area (Å²) in [6.07, 6.45) is 8.67. The zero-order valence-electron chi connectivity index (χ0n) is 12.4. The fourth-order valence-electron chi connectivity index (χ4n) is 3.63. The second-order valence-corrected chi connectivity index (χ2v) is 6.61. The first-order valence-corrected chi connectivity index (χ1v) is 8.33. The summed E-state index contributed by atoms with van der Waals surface area (Å²) in [4.78, 5) is 28.7. The van der Waals surface area contributed by atoms with Crippen molar-refractivity contribution < 1.29 is 9.59 Å². The van der Waals surface area contributed by atoms with Crippen molar-refractivity contribution in [3.63, 3.8) is 0 Å². The zero-order valence-corrected chi connectivity index (χ0v) is 12.4. The van der Waals surface area contributed by atoms with Crippen molar-refractivity contribution in [3.05, 3.63) is 0 Å². The maximum Gasteiger partial charge on any atom is 0.225 e. The monoisotopic (exact) mass is 278 g/mol. The molecule has 0 radical (unpaired) electrons. The second kappa shape index (κ2) is 6.15. The van der Waals surface area contributed by atoms with Gasteiger partial charge in [-0.05, 0) is 44.9 Å². The number of carbonyl (C=O) groups is 2. The lowest BCUT2D eigenvalue weighted by Gasteiger charge is -2.38. The number of carbonyl (C=O) groups excluding carboxylic acids is 2. The third-order valence-electron chi connectivity index (χ3n) is 5.28. The highest BCUT2D eigenvalue weighted by atomic mass is 16.2. The molecule has 3 fully saturated rings. The van der Waals surface area contributed by atoms with Gasteiger partial charge < -0.3 is 9.80 Å². The van der Waals surface area contributed by atoms with E-state index in [-0.39, 0.29) is 5.92 Å². The average molecular weight is 278 g/mol. The number of piperidine rings is 2. The Morgan fingerprint density at radius 3 is 1.60 bits per heavy atom. The van der Waals surface area contributed by atoms with Crippen molar-refractivity contribution in [1.82, 2.24) is 9.80 Å². The summed E-state index contributed by atoms with van der Waals surface area (Å²) in [5, 5.41) is 0. The highest BCUT2D eigenvalue weighted by Crippen LogP contribution is 2.30. The van der Waals surface area contributed by atoms with E-state index in [4.69, 9.17) is 0 Å². The van der Waals surface area contributed by atoms with Crippen molar-refractivity contribution in [2.24, 2.45) is 11.8 Å². The zero-order chi connectivity index (χ0) is 13.9. The maximum atomic E-state index is 12.5. The van der Waals surface area contributed by atoms with Gasteiger partial charge in [-0.2, -0.15) is 0 Å². The van der Waals surface area contributed by atoms with E-state index in [1.165, 1.54) is 12.8 Å². The van der Waals surface area contributed by atoms with E-state index >= 15 is 0 Å². The molecule has 112 valence electrons. The van der Waals surface area contributed by atoms with Gasteiger partial charge in [0, 0.05) is 38.0 Å². The highest BCUT2D eigenvalue weighted by molar-refractivity contribution is 5.81. The van der Waals surface area contributed by atoms with Gasteiger partial charge in [-0.15, -0.1) is 0 Å². The largest absolute Gasteiger partial charge is 0.342 e. The molecule has 2 aliphatic heterocycles. The Hall–Kier alpha value is -1.06. The topological polar surface area (TPSA) is 40.6 Å². The Morgan fingerprint density at radius 2 is 1.10 bits per heavy atom. The second-order valence-electron chi connectivity index (χ2n) is 6.61. The number of nitrogens with zero attached hydrogens (tertiary/aromatic N) is 2. The molecule has 4 heteroatoms. The molecular weight excluding hydrogens is 252 g/mol. The molecule has 4 nitrogen and oxygen atoms in total. The molecule has 0 unspecified atom stereocenters. The maximum absolute atomic E-state index is 12.5. The molecule has 1 aliphatic carbocycles. The highest BCUT2D eigenvalue weighted by Gasteiger charge is 2.34. The molecule has 2 heterocycles. The van der Waals surface area contributed by atoms with Crippen LogP contribution in [0.3, 0.4) is 0 Å². The molecule has 0 N–H and O–H groups in total. The minimum Gasteiger partial charge on any atom is -0.342 e.